The highest BCUT2D eigenvalue weighted by molar-refractivity contribution is 7.22. The minimum atomic E-state index is -0.952. The van der Waals surface area contributed by atoms with Crippen LogP contribution in [0.25, 0.3) is 15.0 Å². The molecule has 156 valence electrons. The number of nitrogens with one attached hydrogen (secondary N) is 1. The number of carboxylic acids is 1. The largest absolute Gasteiger partial charge is 0.505 e. The Hall–Kier alpha value is -3.05. The lowest BCUT2D eigenvalue weighted by Crippen LogP contribution is -2.27. The van der Waals surface area contributed by atoms with Crippen molar-refractivity contribution in [3.63, 3.8) is 0 Å². The van der Waals surface area contributed by atoms with Crippen molar-refractivity contribution in [1.82, 2.24) is 25.1 Å². The van der Waals surface area contributed by atoms with Crippen LogP contribution in [0.2, 0.25) is 0 Å². The number of thiazole rings is 2. The maximum Gasteiger partial charge on any atom is 0.333 e. The van der Waals surface area contributed by atoms with Crippen molar-refractivity contribution in [3.8, 4) is 20.8 Å². The highest BCUT2D eigenvalue weighted by Gasteiger charge is 2.20. The fourth-order valence-corrected chi connectivity index (χ4v) is 4.98. The smallest absolute Gasteiger partial charge is 0.333 e. The lowest BCUT2D eigenvalue weighted by molar-refractivity contribution is -0.133. The van der Waals surface area contributed by atoms with Crippen LogP contribution in [0.3, 0.4) is 0 Å². The molecule has 0 aromatic carbocycles. The summed E-state index contributed by atoms with van der Waals surface area (Å²) in [5, 5.41) is 26.9. The number of amides is 1. The van der Waals surface area contributed by atoms with Gasteiger partial charge < -0.3 is 15.5 Å². The van der Waals surface area contributed by atoms with Gasteiger partial charge in [0.2, 0.25) is 11.0 Å². The summed E-state index contributed by atoms with van der Waals surface area (Å²) in [5.41, 5.74) is 0.867. The van der Waals surface area contributed by atoms with Crippen LogP contribution in [-0.4, -0.2) is 41.8 Å². The van der Waals surface area contributed by atoms with Gasteiger partial charge >= 0.3 is 5.97 Å². The first-order chi connectivity index (χ1) is 14.5. The number of aliphatic carboxylic acids is 1. The number of aromatic hydroxyl groups is 1. The van der Waals surface area contributed by atoms with Crippen molar-refractivity contribution in [3.05, 3.63) is 40.9 Å². The van der Waals surface area contributed by atoms with Gasteiger partial charge in [-0.3, -0.25) is 4.79 Å². The predicted octanol–water partition coefficient (Wildman–Crippen LogP) is 3.12. The zero-order valence-electron chi connectivity index (χ0n) is 15.9. The second-order valence-electron chi connectivity index (χ2n) is 6.80. The number of hydrogen-bond donors (Lipinski definition) is 3. The summed E-state index contributed by atoms with van der Waals surface area (Å²) in [7, 11) is 0. The summed E-state index contributed by atoms with van der Waals surface area (Å²) in [6, 6.07) is 0. The quantitative estimate of drug-likeness (QED) is 0.509. The van der Waals surface area contributed by atoms with E-state index in [0.29, 0.717) is 35.7 Å². The summed E-state index contributed by atoms with van der Waals surface area (Å²) in [6.07, 6.45) is 9.88. The standard InChI is InChI=1S/C19H19N5O4S2/c25-11-7-22-24(10-11)19-21-9-15(30-19)17-20-8-12(29-17)5-6-16(26)23-14-4-2-1-3-13(14)18(27)28/h7-10,25H,1-6H2,(H,23,26)(H,27,28). The van der Waals surface area contributed by atoms with Gasteiger partial charge in [0.25, 0.3) is 0 Å². The molecule has 4 rings (SSSR count). The summed E-state index contributed by atoms with van der Waals surface area (Å²) in [6.45, 7) is 0. The molecule has 0 radical (unpaired) electrons. The first-order valence-corrected chi connectivity index (χ1v) is 11.0. The maximum absolute atomic E-state index is 12.3. The summed E-state index contributed by atoms with van der Waals surface area (Å²) in [4.78, 5) is 34.2. The van der Waals surface area contributed by atoms with Crippen molar-refractivity contribution in [2.45, 2.75) is 38.5 Å². The molecule has 3 heterocycles. The number of hydrogen-bond acceptors (Lipinski definition) is 8. The van der Waals surface area contributed by atoms with Gasteiger partial charge in [-0.15, -0.1) is 11.3 Å². The molecule has 0 spiro atoms. The Kier molecular flexibility index (Phi) is 5.91. The Morgan fingerprint density at radius 1 is 1.13 bits per heavy atom. The molecule has 0 unspecified atom stereocenters. The van der Waals surface area contributed by atoms with Crippen LogP contribution in [0, 0.1) is 0 Å². The summed E-state index contributed by atoms with van der Waals surface area (Å²) in [5.74, 6) is -1.06. The van der Waals surface area contributed by atoms with E-state index in [1.165, 1.54) is 39.7 Å². The molecular weight excluding hydrogens is 426 g/mol. The van der Waals surface area contributed by atoms with Gasteiger partial charge in [-0.25, -0.2) is 19.4 Å². The third-order valence-electron chi connectivity index (χ3n) is 4.64. The van der Waals surface area contributed by atoms with Crippen LogP contribution >= 0.6 is 22.7 Å². The summed E-state index contributed by atoms with van der Waals surface area (Å²) >= 11 is 2.89. The zero-order valence-corrected chi connectivity index (χ0v) is 17.5. The first-order valence-electron chi connectivity index (χ1n) is 9.39. The SMILES string of the molecule is O=C(CCc1cnc(-c2cnc(-n3cc(O)cn3)s2)s1)NC1=C(C(=O)O)CCCC1. The molecule has 0 bridgehead atoms. The lowest BCUT2D eigenvalue weighted by Gasteiger charge is -2.18. The number of allylic oxidation sites excluding steroid dienone is 1. The number of carboxylic acid groups (broad SMARTS) is 1. The number of carbonyl (C=O) groups is 2. The molecule has 3 aromatic heterocycles. The monoisotopic (exact) mass is 445 g/mol. The minimum Gasteiger partial charge on any atom is -0.505 e. The molecule has 0 aliphatic heterocycles. The van der Waals surface area contributed by atoms with Crippen LogP contribution in [0.1, 0.15) is 37.0 Å². The van der Waals surface area contributed by atoms with E-state index in [1.54, 1.807) is 12.4 Å². The van der Waals surface area contributed by atoms with Gasteiger partial charge in [0.05, 0.1) is 29.0 Å². The highest BCUT2D eigenvalue weighted by Crippen LogP contribution is 2.32. The fourth-order valence-electron chi connectivity index (χ4n) is 3.17. The Morgan fingerprint density at radius 3 is 2.73 bits per heavy atom. The fraction of sp³-hybridized carbons (Fsp3) is 0.316. The van der Waals surface area contributed by atoms with Crippen molar-refractivity contribution in [2.75, 3.05) is 0 Å². The Balaban J connectivity index is 1.36. The van der Waals surface area contributed by atoms with E-state index in [1.807, 2.05) is 0 Å². The Morgan fingerprint density at radius 2 is 1.97 bits per heavy atom. The van der Waals surface area contributed by atoms with Crippen molar-refractivity contribution < 1.29 is 19.8 Å². The number of aromatic nitrogens is 4. The van der Waals surface area contributed by atoms with Gasteiger partial charge in [0.15, 0.2) is 5.75 Å². The molecule has 9 nitrogen and oxygen atoms in total. The van der Waals surface area contributed by atoms with E-state index in [4.69, 9.17) is 0 Å². The average Bonchev–Trinajstić information content (AvgIpc) is 3.47. The lowest BCUT2D eigenvalue weighted by atomic mass is 9.96. The van der Waals surface area contributed by atoms with Crippen LogP contribution in [-0.2, 0) is 16.0 Å². The second kappa shape index (κ2) is 8.76. The topological polar surface area (TPSA) is 130 Å². The molecule has 30 heavy (non-hydrogen) atoms. The van der Waals surface area contributed by atoms with Crippen molar-refractivity contribution >= 4 is 34.6 Å². The van der Waals surface area contributed by atoms with Gasteiger partial charge in [0, 0.05) is 23.2 Å². The van der Waals surface area contributed by atoms with Crippen molar-refractivity contribution in [1.29, 1.82) is 0 Å². The molecule has 0 atom stereocenters. The molecule has 1 amide bonds. The first kappa shape index (κ1) is 20.2. The van der Waals surface area contributed by atoms with Crippen LogP contribution < -0.4 is 5.32 Å². The normalized spacial score (nSPS) is 14.1. The van der Waals surface area contributed by atoms with Gasteiger partial charge in [-0.2, -0.15) is 5.10 Å². The molecule has 0 fully saturated rings. The van der Waals surface area contributed by atoms with E-state index in [9.17, 15) is 19.8 Å². The molecule has 3 N–H and O–H groups in total. The number of aryl methyl sites for hydroxylation is 1. The van der Waals surface area contributed by atoms with Gasteiger partial charge in [-0.1, -0.05) is 11.3 Å². The van der Waals surface area contributed by atoms with E-state index >= 15 is 0 Å². The van der Waals surface area contributed by atoms with Gasteiger partial charge in [0.1, 0.15) is 5.01 Å². The van der Waals surface area contributed by atoms with Gasteiger partial charge in [-0.05, 0) is 32.1 Å². The molecule has 3 aromatic rings. The van der Waals surface area contributed by atoms with E-state index in [2.05, 4.69) is 20.4 Å². The van der Waals surface area contributed by atoms with E-state index in [-0.39, 0.29) is 18.1 Å². The molecule has 11 heteroatoms. The van der Waals surface area contributed by atoms with Crippen LogP contribution in [0.4, 0.5) is 0 Å². The number of rotatable bonds is 7. The summed E-state index contributed by atoms with van der Waals surface area (Å²) < 4.78 is 1.49. The van der Waals surface area contributed by atoms with E-state index < -0.39 is 5.97 Å². The zero-order chi connectivity index (χ0) is 21.1. The third-order valence-corrected chi connectivity index (χ3v) is 6.85. The van der Waals surface area contributed by atoms with E-state index in [0.717, 1.165) is 27.6 Å². The Labute approximate surface area is 179 Å². The maximum atomic E-state index is 12.3. The molecule has 1 aliphatic rings. The number of nitrogens with zero attached hydrogens (tertiary/aromatic N) is 4. The van der Waals surface area contributed by atoms with Crippen LogP contribution in [0.15, 0.2) is 36.1 Å². The molecule has 0 saturated carbocycles. The number of carbonyl (C=O) groups excluding carboxylic acids is 1. The highest BCUT2D eigenvalue weighted by atomic mass is 32.1. The minimum absolute atomic E-state index is 0.0704. The van der Waals surface area contributed by atoms with Crippen molar-refractivity contribution in [2.24, 2.45) is 0 Å². The Bertz CT molecular complexity index is 1110. The third kappa shape index (κ3) is 4.57. The van der Waals surface area contributed by atoms with Crippen LogP contribution in [0.5, 0.6) is 5.75 Å². The average molecular weight is 446 g/mol. The second-order valence-corrected chi connectivity index (χ2v) is 8.92. The molecular formula is C19H19N5O4S2. The molecule has 1 aliphatic carbocycles. The predicted molar refractivity (Wildman–Crippen MR) is 112 cm³/mol. The molecule has 0 saturated heterocycles.